The predicted molar refractivity (Wildman–Crippen MR) is 144 cm³/mol. The Hall–Kier alpha value is -2.04. The minimum absolute atomic E-state index is 0.204. The van der Waals surface area contributed by atoms with Crippen LogP contribution in [0, 0.1) is 0 Å². The summed E-state index contributed by atoms with van der Waals surface area (Å²) in [5, 5.41) is 0.684. The van der Waals surface area contributed by atoms with Gasteiger partial charge in [-0.05, 0) is 87.8 Å². The molecular formula is C29H43ClN2O2. The van der Waals surface area contributed by atoms with E-state index in [9.17, 15) is 4.79 Å². The van der Waals surface area contributed by atoms with Gasteiger partial charge in [0.2, 0.25) is 5.91 Å². The number of hydrogen-bond acceptors (Lipinski definition) is 3. The zero-order valence-electron chi connectivity index (χ0n) is 21.6. The minimum atomic E-state index is 0.204. The number of nitrogens with zero attached hydrogens (tertiary/aromatic N) is 2. The normalized spacial score (nSPS) is 12.1. The van der Waals surface area contributed by atoms with Gasteiger partial charge >= 0.3 is 0 Å². The number of halogens is 1. The molecule has 0 aliphatic rings. The van der Waals surface area contributed by atoms with E-state index in [-0.39, 0.29) is 11.9 Å². The van der Waals surface area contributed by atoms with Crippen molar-refractivity contribution in [3.63, 3.8) is 0 Å². The van der Waals surface area contributed by atoms with E-state index in [0.717, 1.165) is 62.4 Å². The molecule has 4 nitrogen and oxygen atoms in total. The van der Waals surface area contributed by atoms with Gasteiger partial charge in [0.05, 0.1) is 0 Å². The van der Waals surface area contributed by atoms with E-state index in [4.69, 9.17) is 16.3 Å². The maximum Gasteiger partial charge on any atom is 0.223 e. The van der Waals surface area contributed by atoms with Crippen LogP contribution in [0.4, 0.5) is 0 Å². The molecule has 0 fully saturated rings. The van der Waals surface area contributed by atoms with Crippen LogP contribution in [0.1, 0.15) is 78.2 Å². The van der Waals surface area contributed by atoms with Gasteiger partial charge in [0.15, 0.2) is 0 Å². The lowest BCUT2D eigenvalue weighted by Crippen LogP contribution is -2.38. The Balaban J connectivity index is 2.06. The molecule has 1 amide bonds. The van der Waals surface area contributed by atoms with E-state index in [2.05, 4.69) is 43.6 Å². The summed E-state index contributed by atoms with van der Waals surface area (Å²) < 4.78 is 6.02. The highest BCUT2D eigenvalue weighted by atomic mass is 35.5. The van der Waals surface area contributed by atoms with Crippen molar-refractivity contribution in [3.8, 4) is 11.5 Å². The number of benzene rings is 2. The Morgan fingerprint density at radius 3 is 2.35 bits per heavy atom. The van der Waals surface area contributed by atoms with Crippen LogP contribution in [0.25, 0.3) is 0 Å². The summed E-state index contributed by atoms with van der Waals surface area (Å²) in [5.74, 6) is 1.77. The third-order valence-corrected chi connectivity index (χ3v) is 6.64. The first kappa shape index (κ1) is 28.2. The average Bonchev–Trinajstić information content (AvgIpc) is 2.84. The van der Waals surface area contributed by atoms with Gasteiger partial charge in [-0.25, -0.2) is 0 Å². The summed E-state index contributed by atoms with van der Waals surface area (Å²) in [4.78, 5) is 17.8. The van der Waals surface area contributed by atoms with E-state index in [1.807, 2.05) is 42.5 Å². The molecule has 34 heavy (non-hydrogen) atoms. The Labute approximate surface area is 212 Å². The van der Waals surface area contributed by atoms with Gasteiger partial charge in [-0.3, -0.25) is 4.79 Å². The molecule has 0 saturated heterocycles. The van der Waals surface area contributed by atoms with Crippen LogP contribution in [0.5, 0.6) is 11.5 Å². The number of amides is 1. The fourth-order valence-corrected chi connectivity index (χ4v) is 4.31. The molecule has 188 valence electrons. The second-order valence-electron chi connectivity index (χ2n) is 9.05. The van der Waals surface area contributed by atoms with Crippen LogP contribution in [0.3, 0.4) is 0 Å². The Bertz CT molecular complexity index is 836. The van der Waals surface area contributed by atoms with Gasteiger partial charge in [0, 0.05) is 24.0 Å². The molecule has 5 heteroatoms. The molecule has 2 aromatic carbocycles. The highest BCUT2D eigenvalue weighted by Gasteiger charge is 2.20. The molecule has 0 N–H and O–H groups in total. The maximum atomic E-state index is 13.2. The monoisotopic (exact) mass is 486 g/mol. The van der Waals surface area contributed by atoms with Gasteiger partial charge in [-0.1, -0.05) is 63.8 Å². The fraction of sp³-hybridized carbons (Fsp3) is 0.552. The van der Waals surface area contributed by atoms with Crippen LogP contribution in [0.15, 0.2) is 48.5 Å². The number of ether oxygens (including phenoxy) is 1. The number of carbonyl (C=O) groups excluding carboxylic acids is 1. The van der Waals surface area contributed by atoms with E-state index in [1.54, 1.807) is 0 Å². The molecule has 1 unspecified atom stereocenters. The van der Waals surface area contributed by atoms with E-state index >= 15 is 0 Å². The molecule has 0 bridgehead atoms. The summed E-state index contributed by atoms with van der Waals surface area (Å²) in [7, 11) is 0. The standard InChI is InChI=1S/C29H43ClN2O2/c1-5-8-9-10-16-29(33)32(24(4)13-12-21-31(6-2)7-3)23-25-14-11-15-28(22-25)34-27-19-17-26(30)18-20-27/h11,14-15,17-20,22,24H,5-10,12-13,16,21,23H2,1-4H3. The van der Waals surface area contributed by atoms with Crippen LogP contribution in [-0.4, -0.2) is 41.4 Å². The van der Waals surface area contributed by atoms with Crippen molar-refractivity contribution in [2.45, 2.75) is 85.2 Å². The molecular weight excluding hydrogens is 444 g/mol. The summed E-state index contributed by atoms with van der Waals surface area (Å²) in [6.45, 7) is 12.6. The Morgan fingerprint density at radius 1 is 0.941 bits per heavy atom. The summed E-state index contributed by atoms with van der Waals surface area (Å²) in [5.41, 5.74) is 1.09. The molecule has 0 aliphatic heterocycles. The number of carbonyl (C=O) groups is 1. The van der Waals surface area contributed by atoms with Crippen LogP contribution >= 0.6 is 11.6 Å². The highest BCUT2D eigenvalue weighted by Crippen LogP contribution is 2.25. The number of unbranched alkanes of at least 4 members (excludes halogenated alkanes) is 3. The predicted octanol–water partition coefficient (Wildman–Crippen LogP) is 7.94. The minimum Gasteiger partial charge on any atom is -0.457 e. The Morgan fingerprint density at radius 2 is 1.68 bits per heavy atom. The van der Waals surface area contributed by atoms with Crippen LogP contribution in [0.2, 0.25) is 5.02 Å². The van der Waals surface area contributed by atoms with Gasteiger partial charge in [0.25, 0.3) is 0 Å². The topological polar surface area (TPSA) is 32.8 Å². The first-order valence-corrected chi connectivity index (χ1v) is 13.4. The molecule has 2 aromatic rings. The molecule has 0 radical (unpaired) electrons. The smallest absolute Gasteiger partial charge is 0.223 e. The van der Waals surface area contributed by atoms with Crippen LogP contribution in [-0.2, 0) is 11.3 Å². The van der Waals surface area contributed by atoms with Crippen LogP contribution < -0.4 is 4.74 Å². The third-order valence-electron chi connectivity index (χ3n) is 6.39. The van der Waals surface area contributed by atoms with Gasteiger partial charge in [-0.2, -0.15) is 0 Å². The zero-order valence-corrected chi connectivity index (χ0v) is 22.3. The highest BCUT2D eigenvalue weighted by molar-refractivity contribution is 6.30. The molecule has 1 atom stereocenters. The molecule has 2 rings (SSSR count). The molecule has 0 saturated carbocycles. The lowest BCUT2D eigenvalue weighted by atomic mass is 10.1. The molecule has 0 aliphatic carbocycles. The van der Waals surface area contributed by atoms with Gasteiger partial charge < -0.3 is 14.5 Å². The third kappa shape index (κ3) is 10.1. The van der Waals surface area contributed by atoms with Crippen molar-refractivity contribution >= 4 is 17.5 Å². The van der Waals surface area contributed by atoms with E-state index < -0.39 is 0 Å². The number of rotatable bonds is 16. The zero-order chi connectivity index (χ0) is 24.8. The van der Waals surface area contributed by atoms with E-state index in [0.29, 0.717) is 18.0 Å². The largest absolute Gasteiger partial charge is 0.457 e. The van der Waals surface area contributed by atoms with Crippen molar-refractivity contribution in [1.29, 1.82) is 0 Å². The SMILES string of the molecule is CCCCCCC(=O)N(Cc1cccc(Oc2ccc(Cl)cc2)c1)C(C)CCCN(CC)CC. The second kappa shape index (κ2) is 15.8. The van der Waals surface area contributed by atoms with E-state index in [1.165, 1.54) is 12.8 Å². The summed E-state index contributed by atoms with van der Waals surface area (Å²) in [6.07, 6.45) is 7.20. The maximum absolute atomic E-state index is 13.2. The Kier molecular flexibility index (Phi) is 13.1. The van der Waals surface area contributed by atoms with Crippen molar-refractivity contribution in [1.82, 2.24) is 9.80 Å². The van der Waals surface area contributed by atoms with Crippen molar-refractivity contribution in [3.05, 3.63) is 59.1 Å². The first-order valence-electron chi connectivity index (χ1n) is 13.0. The summed E-state index contributed by atoms with van der Waals surface area (Å²) in [6, 6.07) is 15.6. The van der Waals surface area contributed by atoms with Crippen molar-refractivity contribution in [2.75, 3.05) is 19.6 Å². The molecule has 0 heterocycles. The van der Waals surface area contributed by atoms with Gasteiger partial charge in [0.1, 0.15) is 11.5 Å². The first-order chi connectivity index (χ1) is 16.5. The lowest BCUT2D eigenvalue weighted by Gasteiger charge is -2.30. The quantitative estimate of drug-likeness (QED) is 0.226. The summed E-state index contributed by atoms with van der Waals surface area (Å²) >= 11 is 5.98. The number of hydrogen-bond donors (Lipinski definition) is 0. The fourth-order valence-electron chi connectivity index (χ4n) is 4.19. The van der Waals surface area contributed by atoms with Crippen molar-refractivity contribution in [2.24, 2.45) is 0 Å². The van der Waals surface area contributed by atoms with Crippen molar-refractivity contribution < 1.29 is 9.53 Å². The molecule has 0 spiro atoms. The average molecular weight is 487 g/mol. The lowest BCUT2D eigenvalue weighted by molar-refractivity contribution is -0.134. The second-order valence-corrected chi connectivity index (χ2v) is 9.49. The molecule has 0 aromatic heterocycles. The van der Waals surface area contributed by atoms with Gasteiger partial charge in [-0.15, -0.1) is 0 Å².